The Morgan fingerprint density at radius 2 is 1.70 bits per heavy atom. The largest absolute Gasteiger partial charge is 0.490 e. The van der Waals surface area contributed by atoms with Crippen LogP contribution in [0.25, 0.3) is 6.08 Å². The van der Waals surface area contributed by atoms with E-state index in [2.05, 4.69) is 64.3 Å². The highest BCUT2D eigenvalue weighted by molar-refractivity contribution is 5.96. The van der Waals surface area contributed by atoms with E-state index in [0.717, 1.165) is 54.2 Å². The highest BCUT2D eigenvalue weighted by atomic mass is 16.5. The maximum absolute atomic E-state index is 11.7. The van der Waals surface area contributed by atoms with Gasteiger partial charge in [-0.15, -0.1) is 0 Å². The lowest BCUT2D eigenvalue weighted by molar-refractivity contribution is 0.101. The molecule has 40 heavy (non-hydrogen) atoms. The molecule has 0 aliphatic carbocycles. The van der Waals surface area contributed by atoms with Crippen molar-refractivity contribution in [3.8, 4) is 5.75 Å². The van der Waals surface area contributed by atoms with Gasteiger partial charge in [-0.2, -0.15) is 0 Å². The van der Waals surface area contributed by atoms with Crippen LogP contribution in [0.4, 0.5) is 5.69 Å². The minimum absolute atomic E-state index is 0.0473. The number of aryl methyl sites for hydroxylation is 2. The number of ether oxygens (including phenoxy) is 1. The predicted octanol–water partition coefficient (Wildman–Crippen LogP) is 8.62. The van der Waals surface area contributed by atoms with Crippen LogP contribution in [0.3, 0.4) is 0 Å². The topological polar surface area (TPSA) is 81.6 Å². The molecule has 5 nitrogen and oxygen atoms in total. The zero-order valence-corrected chi connectivity index (χ0v) is 26.9. The van der Waals surface area contributed by atoms with Crippen LogP contribution in [0.2, 0.25) is 0 Å². The fourth-order valence-corrected chi connectivity index (χ4v) is 3.98. The molecule has 0 saturated heterocycles. The SMILES string of the molecule is C=C(/C(C)=C/c1ccccc1C)N1CCOc2cc(C(C)=O)cc(C)c21.CC.CCCCC(N)CC.CCCN. The lowest BCUT2D eigenvalue weighted by atomic mass is 10.0. The van der Waals surface area contributed by atoms with Crippen LogP contribution in [0.15, 0.2) is 54.2 Å². The van der Waals surface area contributed by atoms with Gasteiger partial charge in [0.05, 0.1) is 12.2 Å². The smallest absolute Gasteiger partial charge is 0.159 e. The van der Waals surface area contributed by atoms with Crippen molar-refractivity contribution in [3.05, 3.63) is 76.5 Å². The second-order valence-corrected chi connectivity index (χ2v) is 9.93. The number of carbonyl (C=O) groups is 1. The molecule has 1 atom stereocenters. The Bertz CT molecular complexity index is 1060. The maximum atomic E-state index is 11.7. The fourth-order valence-electron chi connectivity index (χ4n) is 3.98. The standard InChI is InChI=1S/C23H25NO2.C7H17N.C3H9N.C2H6/c1-15-8-6-7-9-20(15)12-16(2)18(4)24-10-11-26-22-14-21(19(5)25)13-17(3)23(22)24;1-3-5-6-7(8)4-2;1-2-3-4;1-2/h6-9,12-14H,4,10-11H2,1-3,5H3;7H,3-6,8H2,1-2H3;2-4H2,1H3;1-2H3/b16-12+;;;. The Morgan fingerprint density at radius 1 is 1.07 bits per heavy atom. The molecule has 4 N–H and O–H groups in total. The number of hydrogen-bond donors (Lipinski definition) is 2. The van der Waals surface area contributed by atoms with Gasteiger partial charge in [-0.25, -0.2) is 0 Å². The average Bonchev–Trinajstić information content (AvgIpc) is 2.97. The number of rotatable bonds is 9. The molecule has 5 heteroatoms. The first kappa shape index (κ1) is 37.1. The van der Waals surface area contributed by atoms with Gasteiger partial charge in [0.2, 0.25) is 0 Å². The van der Waals surface area contributed by atoms with E-state index in [4.69, 9.17) is 16.2 Å². The van der Waals surface area contributed by atoms with Crippen molar-refractivity contribution in [3.63, 3.8) is 0 Å². The molecule has 0 fully saturated rings. The molecule has 1 heterocycles. The highest BCUT2D eigenvalue weighted by Gasteiger charge is 2.24. The van der Waals surface area contributed by atoms with E-state index in [1.165, 1.54) is 30.4 Å². The third-order valence-electron chi connectivity index (χ3n) is 6.60. The van der Waals surface area contributed by atoms with Crippen LogP contribution >= 0.6 is 0 Å². The highest BCUT2D eigenvalue weighted by Crippen LogP contribution is 2.39. The summed E-state index contributed by atoms with van der Waals surface area (Å²) in [5.74, 6) is 0.803. The molecule has 0 radical (unpaired) electrons. The van der Waals surface area contributed by atoms with E-state index in [1.54, 1.807) is 6.92 Å². The summed E-state index contributed by atoms with van der Waals surface area (Å²) in [6.07, 6.45) is 8.15. The molecular formula is C35H57N3O2. The van der Waals surface area contributed by atoms with Gasteiger partial charge in [0.15, 0.2) is 5.78 Å². The summed E-state index contributed by atoms with van der Waals surface area (Å²) in [6.45, 7) is 24.7. The van der Waals surface area contributed by atoms with Crippen molar-refractivity contribution in [1.82, 2.24) is 0 Å². The molecule has 1 aliphatic rings. The Morgan fingerprint density at radius 3 is 2.23 bits per heavy atom. The Labute approximate surface area is 245 Å². The van der Waals surface area contributed by atoms with E-state index in [9.17, 15) is 4.79 Å². The average molecular weight is 552 g/mol. The van der Waals surface area contributed by atoms with Crippen LogP contribution in [0.1, 0.15) is 108 Å². The summed E-state index contributed by atoms with van der Waals surface area (Å²) in [6, 6.07) is 12.5. The number of nitrogens with zero attached hydrogens (tertiary/aromatic N) is 1. The van der Waals surface area contributed by atoms with Gasteiger partial charge in [0, 0.05) is 17.3 Å². The number of allylic oxidation sites excluding steroid dienone is 1. The van der Waals surface area contributed by atoms with Crippen molar-refractivity contribution >= 4 is 17.5 Å². The summed E-state index contributed by atoms with van der Waals surface area (Å²) < 4.78 is 5.84. The molecule has 0 bridgehead atoms. The molecule has 2 aromatic rings. The molecule has 0 spiro atoms. The first-order chi connectivity index (χ1) is 19.1. The minimum atomic E-state index is 0.0473. The zero-order chi connectivity index (χ0) is 30.7. The third-order valence-corrected chi connectivity index (χ3v) is 6.60. The van der Waals surface area contributed by atoms with E-state index in [1.807, 2.05) is 45.0 Å². The van der Waals surface area contributed by atoms with Crippen LogP contribution in [-0.4, -0.2) is 31.5 Å². The fraction of sp³-hybridized carbons (Fsp3) is 0.514. The number of carbonyl (C=O) groups excluding carboxylic acids is 1. The number of ketones is 1. The van der Waals surface area contributed by atoms with Gasteiger partial charge in [0.25, 0.3) is 0 Å². The van der Waals surface area contributed by atoms with Crippen LogP contribution in [0.5, 0.6) is 5.75 Å². The third kappa shape index (κ3) is 12.5. The number of benzene rings is 2. The van der Waals surface area contributed by atoms with Crippen molar-refractivity contribution in [2.45, 2.75) is 100 Å². The lowest BCUT2D eigenvalue weighted by Crippen LogP contribution is -2.33. The monoisotopic (exact) mass is 551 g/mol. The van der Waals surface area contributed by atoms with Crippen LogP contribution < -0.4 is 21.1 Å². The molecule has 0 saturated carbocycles. The van der Waals surface area contributed by atoms with Crippen molar-refractivity contribution < 1.29 is 9.53 Å². The molecule has 1 aliphatic heterocycles. The summed E-state index contributed by atoms with van der Waals surface area (Å²) in [4.78, 5) is 13.9. The van der Waals surface area contributed by atoms with E-state index in [0.29, 0.717) is 18.2 Å². The van der Waals surface area contributed by atoms with Gasteiger partial charge in [0.1, 0.15) is 12.4 Å². The molecule has 0 amide bonds. The number of hydrogen-bond acceptors (Lipinski definition) is 5. The maximum Gasteiger partial charge on any atom is 0.159 e. The quantitative estimate of drug-likeness (QED) is 0.241. The lowest BCUT2D eigenvalue weighted by Gasteiger charge is -2.34. The van der Waals surface area contributed by atoms with E-state index >= 15 is 0 Å². The summed E-state index contributed by atoms with van der Waals surface area (Å²) in [7, 11) is 0. The van der Waals surface area contributed by atoms with Gasteiger partial charge >= 0.3 is 0 Å². The summed E-state index contributed by atoms with van der Waals surface area (Å²) >= 11 is 0. The van der Waals surface area contributed by atoms with Crippen LogP contribution in [0, 0.1) is 13.8 Å². The first-order valence-corrected chi connectivity index (χ1v) is 15.1. The Kier molecular flexibility index (Phi) is 19.4. The molecule has 2 aromatic carbocycles. The normalized spacial score (nSPS) is 12.7. The van der Waals surface area contributed by atoms with Gasteiger partial charge in [-0.05, 0) is 94.0 Å². The summed E-state index contributed by atoms with van der Waals surface area (Å²) in [5, 5.41) is 0. The van der Waals surface area contributed by atoms with Crippen molar-refractivity contribution in [2.75, 3.05) is 24.6 Å². The first-order valence-electron chi connectivity index (χ1n) is 15.1. The molecule has 1 unspecified atom stereocenters. The Hall–Kier alpha value is -2.89. The van der Waals surface area contributed by atoms with Crippen molar-refractivity contribution in [2.24, 2.45) is 11.5 Å². The zero-order valence-electron chi connectivity index (χ0n) is 26.9. The number of Topliss-reactive ketones (excluding diaryl/α,β-unsaturated/α-hetero) is 1. The summed E-state index contributed by atoms with van der Waals surface area (Å²) in [5.41, 5.74) is 17.9. The number of nitrogens with two attached hydrogens (primary N) is 2. The number of fused-ring (bicyclic) bond motifs is 1. The van der Waals surface area contributed by atoms with Gasteiger partial charge < -0.3 is 21.1 Å². The molecule has 224 valence electrons. The van der Waals surface area contributed by atoms with Gasteiger partial charge in [-0.3, -0.25) is 4.79 Å². The Balaban J connectivity index is 0.000000908. The number of unbranched alkanes of at least 4 members (excludes halogenated alkanes) is 1. The molecule has 0 aromatic heterocycles. The van der Waals surface area contributed by atoms with Gasteiger partial charge in [-0.1, -0.05) is 78.3 Å². The second-order valence-electron chi connectivity index (χ2n) is 9.93. The molecular weight excluding hydrogens is 494 g/mol. The van der Waals surface area contributed by atoms with Crippen molar-refractivity contribution in [1.29, 1.82) is 0 Å². The van der Waals surface area contributed by atoms with E-state index in [-0.39, 0.29) is 5.78 Å². The predicted molar refractivity (Wildman–Crippen MR) is 176 cm³/mol. The molecule has 3 rings (SSSR count). The minimum Gasteiger partial charge on any atom is -0.490 e. The van der Waals surface area contributed by atoms with E-state index < -0.39 is 0 Å². The second kappa shape index (κ2) is 20.9. The number of anilines is 1. The van der Waals surface area contributed by atoms with Crippen LogP contribution in [-0.2, 0) is 0 Å².